The van der Waals surface area contributed by atoms with Crippen LogP contribution in [0.2, 0.25) is 5.02 Å². The Hall–Kier alpha value is -1.30. The summed E-state index contributed by atoms with van der Waals surface area (Å²) in [5.74, 6) is 5.65. The van der Waals surface area contributed by atoms with Crippen LogP contribution >= 0.6 is 23.4 Å². The maximum absolute atomic E-state index is 6.09. The van der Waals surface area contributed by atoms with Crippen LogP contribution in [-0.4, -0.2) is 9.97 Å². The number of nitrogens with zero attached hydrogens (tertiary/aromatic N) is 2. The molecule has 4 nitrogen and oxygen atoms in total. The van der Waals surface area contributed by atoms with Crippen LogP contribution in [0, 0.1) is 0 Å². The SMILES string of the molecule is CC(C)(C)c1ccc(Sc2nc(NN)ncc2Cl)cc1. The van der Waals surface area contributed by atoms with Gasteiger partial charge in [-0.05, 0) is 23.1 Å². The van der Waals surface area contributed by atoms with E-state index in [1.165, 1.54) is 23.5 Å². The van der Waals surface area contributed by atoms with Crippen molar-refractivity contribution in [2.24, 2.45) is 5.84 Å². The average molecular weight is 309 g/mol. The number of nitrogens with two attached hydrogens (primary N) is 1. The molecule has 1 aromatic carbocycles. The molecular formula is C14H17ClN4S. The highest BCUT2D eigenvalue weighted by Crippen LogP contribution is 2.33. The first-order valence-electron chi connectivity index (χ1n) is 6.17. The van der Waals surface area contributed by atoms with Crippen molar-refractivity contribution in [3.63, 3.8) is 0 Å². The average Bonchev–Trinajstić information content (AvgIpc) is 2.41. The first kappa shape index (κ1) is 15.1. The number of hydrogen-bond acceptors (Lipinski definition) is 5. The molecule has 0 amide bonds. The highest BCUT2D eigenvalue weighted by Gasteiger charge is 2.13. The molecule has 3 N–H and O–H groups in total. The van der Waals surface area contributed by atoms with Crippen molar-refractivity contribution in [2.45, 2.75) is 36.1 Å². The monoisotopic (exact) mass is 308 g/mol. The molecule has 0 atom stereocenters. The first-order valence-corrected chi connectivity index (χ1v) is 7.37. The van der Waals surface area contributed by atoms with E-state index >= 15 is 0 Å². The zero-order valence-electron chi connectivity index (χ0n) is 11.6. The van der Waals surface area contributed by atoms with Gasteiger partial charge in [0.25, 0.3) is 0 Å². The lowest BCUT2D eigenvalue weighted by Crippen LogP contribution is -2.10. The second kappa shape index (κ2) is 5.99. The lowest BCUT2D eigenvalue weighted by Gasteiger charge is -2.19. The standard InChI is InChI=1S/C14H17ClN4S/c1-14(2,3)9-4-6-10(7-5-9)20-12-11(15)8-17-13(18-12)19-16/h4-8H,16H2,1-3H3,(H,17,18,19). The van der Waals surface area contributed by atoms with Crippen molar-refractivity contribution in [2.75, 3.05) is 5.43 Å². The molecule has 0 spiro atoms. The zero-order chi connectivity index (χ0) is 14.8. The molecule has 1 aromatic heterocycles. The number of nitrogen functional groups attached to an aromatic ring is 1. The maximum Gasteiger partial charge on any atom is 0.238 e. The molecule has 0 radical (unpaired) electrons. The molecule has 0 aliphatic carbocycles. The minimum Gasteiger partial charge on any atom is -0.292 e. The van der Waals surface area contributed by atoms with Gasteiger partial charge in [-0.25, -0.2) is 15.8 Å². The maximum atomic E-state index is 6.09. The summed E-state index contributed by atoms with van der Waals surface area (Å²) >= 11 is 7.58. The molecule has 6 heteroatoms. The minimum absolute atomic E-state index is 0.145. The Labute approximate surface area is 128 Å². The second-order valence-electron chi connectivity index (χ2n) is 5.37. The van der Waals surface area contributed by atoms with E-state index in [0.29, 0.717) is 16.0 Å². The minimum atomic E-state index is 0.145. The number of rotatable bonds is 3. The molecule has 106 valence electrons. The largest absolute Gasteiger partial charge is 0.292 e. The Morgan fingerprint density at radius 3 is 2.40 bits per heavy atom. The van der Waals surface area contributed by atoms with Gasteiger partial charge >= 0.3 is 0 Å². The third-order valence-corrected chi connectivity index (χ3v) is 4.18. The van der Waals surface area contributed by atoms with Crippen LogP contribution in [-0.2, 0) is 5.41 Å². The summed E-state index contributed by atoms with van der Waals surface area (Å²) in [6.07, 6.45) is 1.54. The van der Waals surface area contributed by atoms with E-state index in [2.05, 4.69) is 60.4 Å². The Kier molecular flexibility index (Phi) is 4.52. The topological polar surface area (TPSA) is 63.8 Å². The predicted molar refractivity (Wildman–Crippen MR) is 84.1 cm³/mol. The van der Waals surface area contributed by atoms with Crippen LogP contribution in [0.3, 0.4) is 0 Å². The predicted octanol–water partition coefficient (Wildman–Crippen LogP) is 3.86. The summed E-state index contributed by atoms with van der Waals surface area (Å²) < 4.78 is 0. The highest BCUT2D eigenvalue weighted by atomic mass is 35.5. The lowest BCUT2D eigenvalue weighted by atomic mass is 9.87. The number of nitrogens with one attached hydrogen (secondary N) is 1. The molecule has 2 aromatic rings. The van der Waals surface area contributed by atoms with Crippen LogP contribution in [0.4, 0.5) is 5.95 Å². The van der Waals surface area contributed by atoms with Crippen LogP contribution in [0.5, 0.6) is 0 Å². The van der Waals surface area contributed by atoms with Gasteiger partial charge in [-0.15, -0.1) is 0 Å². The van der Waals surface area contributed by atoms with E-state index in [0.717, 1.165) is 4.90 Å². The van der Waals surface area contributed by atoms with Crippen LogP contribution in [0.25, 0.3) is 0 Å². The second-order valence-corrected chi connectivity index (χ2v) is 6.84. The third-order valence-electron chi connectivity index (χ3n) is 2.78. The molecule has 0 saturated heterocycles. The molecule has 1 heterocycles. The van der Waals surface area contributed by atoms with Gasteiger partial charge in [-0.1, -0.05) is 56.3 Å². The molecule has 0 aliphatic heterocycles. The van der Waals surface area contributed by atoms with E-state index in [1.807, 2.05) is 0 Å². The van der Waals surface area contributed by atoms with E-state index in [-0.39, 0.29) is 5.41 Å². The van der Waals surface area contributed by atoms with Crippen molar-refractivity contribution in [1.29, 1.82) is 0 Å². The fourth-order valence-electron chi connectivity index (χ4n) is 1.63. The Morgan fingerprint density at radius 1 is 1.20 bits per heavy atom. The van der Waals surface area contributed by atoms with Gasteiger partial charge in [0.05, 0.1) is 11.2 Å². The van der Waals surface area contributed by atoms with Crippen molar-refractivity contribution >= 4 is 29.3 Å². The number of aromatic nitrogens is 2. The molecule has 0 unspecified atom stereocenters. The van der Waals surface area contributed by atoms with Crippen molar-refractivity contribution in [3.05, 3.63) is 41.0 Å². The molecular weight excluding hydrogens is 292 g/mol. The van der Waals surface area contributed by atoms with Crippen LogP contribution < -0.4 is 11.3 Å². The Morgan fingerprint density at radius 2 is 1.85 bits per heavy atom. The van der Waals surface area contributed by atoms with Gasteiger partial charge in [0.2, 0.25) is 5.95 Å². The van der Waals surface area contributed by atoms with Crippen molar-refractivity contribution < 1.29 is 0 Å². The molecule has 0 saturated carbocycles. The summed E-state index contributed by atoms with van der Waals surface area (Å²) in [5, 5.41) is 1.19. The number of anilines is 1. The molecule has 20 heavy (non-hydrogen) atoms. The lowest BCUT2D eigenvalue weighted by molar-refractivity contribution is 0.590. The smallest absolute Gasteiger partial charge is 0.238 e. The van der Waals surface area contributed by atoms with E-state index in [9.17, 15) is 0 Å². The molecule has 0 aliphatic rings. The van der Waals surface area contributed by atoms with Gasteiger partial charge in [-0.2, -0.15) is 0 Å². The zero-order valence-corrected chi connectivity index (χ0v) is 13.2. The Bertz CT molecular complexity index is 593. The number of halogens is 1. The van der Waals surface area contributed by atoms with Crippen LogP contribution in [0.15, 0.2) is 40.4 Å². The van der Waals surface area contributed by atoms with Gasteiger partial charge in [0.1, 0.15) is 5.03 Å². The first-order chi connectivity index (χ1) is 9.40. The number of hydrogen-bond donors (Lipinski definition) is 2. The quantitative estimate of drug-likeness (QED) is 0.512. The van der Waals surface area contributed by atoms with Gasteiger partial charge < -0.3 is 0 Å². The van der Waals surface area contributed by atoms with Gasteiger partial charge in [-0.3, -0.25) is 5.43 Å². The summed E-state index contributed by atoms with van der Waals surface area (Å²) in [4.78, 5) is 9.26. The van der Waals surface area contributed by atoms with E-state index in [1.54, 1.807) is 0 Å². The summed E-state index contributed by atoms with van der Waals surface area (Å²) in [6.45, 7) is 6.57. The van der Waals surface area contributed by atoms with Crippen LogP contribution in [0.1, 0.15) is 26.3 Å². The van der Waals surface area contributed by atoms with Crippen molar-refractivity contribution in [3.8, 4) is 0 Å². The van der Waals surface area contributed by atoms with Crippen molar-refractivity contribution in [1.82, 2.24) is 9.97 Å². The van der Waals surface area contributed by atoms with E-state index < -0.39 is 0 Å². The number of benzene rings is 1. The fraction of sp³-hybridized carbons (Fsp3) is 0.286. The number of hydrazine groups is 1. The van der Waals surface area contributed by atoms with E-state index in [4.69, 9.17) is 17.4 Å². The summed E-state index contributed by atoms with van der Waals surface area (Å²) in [5.41, 5.74) is 3.85. The highest BCUT2D eigenvalue weighted by molar-refractivity contribution is 7.99. The summed E-state index contributed by atoms with van der Waals surface area (Å²) in [7, 11) is 0. The molecule has 2 rings (SSSR count). The summed E-state index contributed by atoms with van der Waals surface area (Å²) in [6, 6.07) is 8.39. The third kappa shape index (κ3) is 3.62. The van der Waals surface area contributed by atoms with Gasteiger partial charge in [0, 0.05) is 4.90 Å². The molecule has 0 bridgehead atoms. The van der Waals surface area contributed by atoms with Gasteiger partial charge in [0.15, 0.2) is 0 Å². The normalized spacial score (nSPS) is 11.4. The Balaban J connectivity index is 2.22. The molecule has 0 fully saturated rings. The fourth-order valence-corrected chi connectivity index (χ4v) is 2.61.